The SMILES string of the molecule is CCn1[nH]cc(C(=O)c2cc(C)c3c(c2C)/C(=N/OC)CCS3)c1=O. The summed E-state index contributed by atoms with van der Waals surface area (Å²) >= 11 is 1.77. The molecule has 0 saturated heterocycles. The zero-order chi connectivity index (χ0) is 18.1. The Morgan fingerprint density at radius 1 is 1.40 bits per heavy atom. The summed E-state index contributed by atoms with van der Waals surface area (Å²) in [6.07, 6.45) is 2.28. The minimum atomic E-state index is -0.289. The Labute approximate surface area is 150 Å². The Balaban J connectivity index is 2.18. The van der Waals surface area contributed by atoms with Gasteiger partial charge >= 0.3 is 0 Å². The van der Waals surface area contributed by atoms with Crippen LogP contribution in [0.1, 0.15) is 46.0 Å². The molecular weight excluding hydrogens is 338 g/mol. The maximum Gasteiger partial charge on any atom is 0.277 e. The van der Waals surface area contributed by atoms with Crippen molar-refractivity contribution in [2.24, 2.45) is 5.16 Å². The Kier molecular flexibility index (Phi) is 4.85. The highest BCUT2D eigenvalue weighted by molar-refractivity contribution is 7.99. The first-order valence-corrected chi connectivity index (χ1v) is 9.18. The van der Waals surface area contributed by atoms with Crippen LogP contribution in [-0.2, 0) is 11.4 Å². The van der Waals surface area contributed by atoms with E-state index >= 15 is 0 Å². The van der Waals surface area contributed by atoms with Gasteiger partial charge in [-0.2, -0.15) is 0 Å². The third-order valence-electron chi connectivity index (χ3n) is 4.45. The van der Waals surface area contributed by atoms with E-state index in [2.05, 4.69) is 10.3 Å². The van der Waals surface area contributed by atoms with Crippen LogP contribution in [0.15, 0.2) is 27.1 Å². The molecule has 132 valence electrons. The van der Waals surface area contributed by atoms with Gasteiger partial charge in [0.25, 0.3) is 5.56 Å². The molecule has 0 bridgehead atoms. The van der Waals surface area contributed by atoms with Crippen LogP contribution in [-0.4, -0.2) is 34.1 Å². The molecule has 2 aromatic rings. The van der Waals surface area contributed by atoms with Gasteiger partial charge in [0.2, 0.25) is 0 Å². The smallest absolute Gasteiger partial charge is 0.277 e. The number of oxime groups is 1. The monoisotopic (exact) mass is 359 g/mol. The minimum Gasteiger partial charge on any atom is -0.399 e. The zero-order valence-electron chi connectivity index (χ0n) is 14.8. The number of aromatic amines is 1. The summed E-state index contributed by atoms with van der Waals surface area (Å²) in [5.41, 5.74) is 4.10. The third-order valence-corrected chi connectivity index (χ3v) is 5.67. The second kappa shape index (κ2) is 6.92. The molecule has 0 amide bonds. The molecule has 2 heterocycles. The molecule has 7 heteroatoms. The molecule has 0 atom stereocenters. The molecule has 0 spiro atoms. The maximum absolute atomic E-state index is 13.0. The van der Waals surface area contributed by atoms with Crippen LogP contribution < -0.4 is 5.56 Å². The highest BCUT2D eigenvalue weighted by Crippen LogP contribution is 2.37. The van der Waals surface area contributed by atoms with Gasteiger partial charge in [-0.05, 0) is 38.0 Å². The minimum absolute atomic E-state index is 0.165. The van der Waals surface area contributed by atoms with Crippen LogP contribution in [0.4, 0.5) is 0 Å². The van der Waals surface area contributed by atoms with Crippen molar-refractivity contribution in [3.63, 3.8) is 0 Å². The van der Waals surface area contributed by atoms with Crippen molar-refractivity contribution in [2.75, 3.05) is 12.9 Å². The van der Waals surface area contributed by atoms with Crippen molar-refractivity contribution < 1.29 is 9.63 Å². The van der Waals surface area contributed by atoms with Crippen molar-refractivity contribution in [2.45, 2.75) is 38.6 Å². The molecule has 3 rings (SSSR count). The Morgan fingerprint density at radius 3 is 2.80 bits per heavy atom. The number of rotatable bonds is 4. The Morgan fingerprint density at radius 2 is 2.16 bits per heavy atom. The van der Waals surface area contributed by atoms with Gasteiger partial charge in [-0.25, -0.2) is 0 Å². The Bertz CT molecular complexity index is 924. The van der Waals surface area contributed by atoms with E-state index in [1.165, 1.54) is 18.0 Å². The molecule has 0 unspecified atom stereocenters. The van der Waals surface area contributed by atoms with Gasteiger partial charge in [-0.15, -0.1) is 11.8 Å². The normalized spacial score (nSPS) is 15.3. The molecule has 1 aromatic carbocycles. The highest BCUT2D eigenvalue weighted by atomic mass is 32.2. The lowest BCUT2D eigenvalue weighted by Gasteiger charge is -2.23. The quantitative estimate of drug-likeness (QED) is 0.673. The molecule has 1 aliphatic heterocycles. The first-order valence-electron chi connectivity index (χ1n) is 8.19. The molecular formula is C18H21N3O3S. The van der Waals surface area contributed by atoms with Crippen LogP contribution in [0.5, 0.6) is 0 Å². The lowest BCUT2D eigenvalue weighted by molar-refractivity contribution is 0.103. The second-order valence-electron chi connectivity index (χ2n) is 5.95. The number of aromatic nitrogens is 2. The number of H-pyrrole nitrogens is 1. The summed E-state index contributed by atoms with van der Waals surface area (Å²) in [5, 5.41) is 6.99. The number of thioether (sulfide) groups is 1. The fourth-order valence-electron chi connectivity index (χ4n) is 3.19. The number of ketones is 1. The van der Waals surface area contributed by atoms with Gasteiger partial charge < -0.3 is 9.94 Å². The number of carbonyl (C=O) groups excluding carboxylic acids is 1. The number of carbonyl (C=O) groups is 1. The average molecular weight is 359 g/mol. The summed E-state index contributed by atoms with van der Waals surface area (Å²) in [6, 6.07) is 1.88. The van der Waals surface area contributed by atoms with Gasteiger partial charge in [0.1, 0.15) is 12.7 Å². The lowest BCUT2D eigenvalue weighted by Crippen LogP contribution is -2.22. The van der Waals surface area contributed by atoms with E-state index in [0.717, 1.165) is 39.5 Å². The fraction of sp³-hybridized carbons (Fsp3) is 0.389. The summed E-state index contributed by atoms with van der Waals surface area (Å²) in [6.45, 7) is 6.24. The summed E-state index contributed by atoms with van der Waals surface area (Å²) in [4.78, 5) is 31.5. The van der Waals surface area contributed by atoms with Crippen LogP contribution in [0, 0.1) is 13.8 Å². The van der Waals surface area contributed by atoms with E-state index in [0.29, 0.717) is 12.1 Å². The van der Waals surface area contributed by atoms with E-state index < -0.39 is 0 Å². The van der Waals surface area contributed by atoms with Crippen molar-refractivity contribution in [1.82, 2.24) is 9.78 Å². The number of aryl methyl sites for hydroxylation is 2. The van der Waals surface area contributed by atoms with E-state index in [9.17, 15) is 9.59 Å². The van der Waals surface area contributed by atoms with Gasteiger partial charge in [-0.3, -0.25) is 14.3 Å². The number of nitrogens with one attached hydrogen (secondary N) is 1. The molecule has 1 aromatic heterocycles. The lowest BCUT2D eigenvalue weighted by atomic mass is 9.91. The van der Waals surface area contributed by atoms with Gasteiger partial charge in [0.05, 0.1) is 5.71 Å². The van der Waals surface area contributed by atoms with Crippen LogP contribution in [0.2, 0.25) is 0 Å². The van der Waals surface area contributed by atoms with Crippen LogP contribution in [0.25, 0.3) is 0 Å². The largest absolute Gasteiger partial charge is 0.399 e. The van der Waals surface area contributed by atoms with Crippen molar-refractivity contribution in [3.05, 3.63) is 50.4 Å². The van der Waals surface area contributed by atoms with E-state index in [1.54, 1.807) is 11.8 Å². The van der Waals surface area contributed by atoms with Crippen molar-refractivity contribution >= 4 is 23.3 Å². The van der Waals surface area contributed by atoms with Crippen LogP contribution in [0.3, 0.4) is 0 Å². The number of nitrogens with zero attached hydrogens (tertiary/aromatic N) is 2. The number of hydrogen-bond acceptors (Lipinski definition) is 5. The first kappa shape index (κ1) is 17.5. The first-order chi connectivity index (χ1) is 12.0. The molecule has 0 radical (unpaired) electrons. The predicted molar refractivity (Wildman–Crippen MR) is 99.0 cm³/mol. The summed E-state index contributed by atoms with van der Waals surface area (Å²) in [5.74, 6) is 0.672. The van der Waals surface area contributed by atoms with Gasteiger partial charge in [0.15, 0.2) is 5.78 Å². The van der Waals surface area contributed by atoms with Gasteiger partial charge in [0, 0.05) is 40.9 Å². The molecule has 25 heavy (non-hydrogen) atoms. The molecule has 0 saturated carbocycles. The second-order valence-corrected chi connectivity index (χ2v) is 7.06. The summed E-state index contributed by atoms with van der Waals surface area (Å²) in [7, 11) is 1.53. The molecule has 1 aliphatic rings. The molecule has 0 fully saturated rings. The predicted octanol–water partition coefficient (Wildman–Crippen LogP) is 2.89. The standard InChI is InChI=1S/C18H21N3O3S/c1-5-21-18(23)13(9-19-21)16(22)12-8-10(2)17-15(11(12)3)14(20-24-4)6-7-25-17/h8-9,19H,5-7H2,1-4H3/b20-14+. The molecule has 0 aliphatic carbocycles. The molecule has 6 nitrogen and oxygen atoms in total. The van der Waals surface area contributed by atoms with Gasteiger partial charge in [-0.1, -0.05) is 5.16 Å². The number of fused-ring (bicyclic) bond motifs is 1. The van der Waals surface area contributed by atoms with E-state index in [-0.39, 0.29) is 16.9 Å². The van der Waals surface area contributed by atoms with Crippen LogP contribution >= 0.6 is 11.8 Å². The number of benzene rings is 1. The van der Waals surface area contributed by atoms with Crippen molar-refractivity contribution in [3.8, 4) is 0 Å². The van der Waals surface area contributed by atoms with Crippen molar-refractivity contribution in [1.29, 1.82) is 0 Å². The van der Waals surface area contributed by atoms with E-state index in [4.69, 9.17) is 4.84 Å². The molecule has 1 N–H and O–H groups in total. The zero-order valence-corrected chi connectivity index (χ0v) is 15.6. The fourth-order valence-corrected chi connectivity index (χ4v) is 4.39. The average Bonchev–Trinajstić information content (AvgIpc) is 2.98. The topological polar surface area (TPSA) is 76.4 Å². The Hall–Kier alpha value is -2.28. The van der Waals surface area contributed by atoms with E-state index in [1.807, 2.05) is 26.8 Å². The number of hydrogen-bond donors (Lipinski definition) is 1. The maximum atomic E-state index is 13.0. The summed E-state index contributed by atoms with van der Waals surface area (Å²) < 4.78 is 1.42. The third kappa shape index (κ3) is 2.93. The highest BCUT2D eigenvalue weighted by Gasteiger charge is 2.26.